The molecule has 0 aliphatic rings. The van der Waals surface area contributed by atoms with Crippen LogP contribution in [0.4, 0.5) is 0 Å². The highest BCUT2D eigenvalue weighted by Crippen LogP contribution is 2.11. The Morgan fingerprint density at radius 3 is 2.88 bits per heavy atom. The van der Waals surface area contributed by atoms with E-state index in [-0.39, 0.29) is 0 Å². The highest BCUT2D eigenvalue weighted by molar-refractivity contribution is 5.40. The Morgan fingerprint density at radius 1 is 1.12 bits per heavy atom. The van der Waals surface area contributed by atoms with Crippen molar-refractivity contribution in [2.75, 3.05) is 0 Å². The van der Waals surface area contributed by atoms with E-state index in [2.05, 4.69) is 9.97 Å². The Bertz CT molecular complexity index is 619. The van der Waals surface area contributed by atoms with Crippen LogP contribution in [0.15, 0.2) is 55.1 Å². The molecule has 0 spiro atoms. The molecule has 17 heavy (non-hydrogen) atoms. The molecule has 3 aromatic rings. The van der Waals surface area contributed by atoms with Crippen molar-refractivity contribution in [3.8, 4) is 5.88 Å². The zero-order valence-electron chi connectivity index (χ0n) is 9.15. The summed E-state index contributed by atoms with van der Waals surface area (Å²) in [7, 11) is 0. The van der Waals surface area contributed by atoms with E-state index < -0.39 is 0 Å². The Hall–Kier alpha value is -2.36. The summed E-state index contributed by atoms with van der Waals surface area (Å²) in [5.74, 6) is 0.590. The predicted molar refractivity (Wildman–Crippen MR) is 63.8 cm³/mol. The van der Waals surface area contributed by atoms with Crippen molar-refractivity contribution < 1.29 is 4.74 Å². The van der Waals surface area contributed by atoms with Gasteiger partial charge in [-0.1, -0.05) is 30.3 Å². The van der Waals surface area contributed by atoms with Crippen LogP contribution >= 0.6 is 0 Å². The van der Waals surface area contributed by atoms with Crippen LogP contribution in [0, 0.1) is 0 Å². The van der Waals surface area contributed by atoms with Crippen LogP contribution in [0.5, 0.6) is 5.88 Å². The largest absolute Gasteiger partial charge is 0.473 e. The molecule has 4 heteroatoms. The van der Waals surface area contributed by atoms with E-state index in [0.717, 1.165) is 11.2 Å². The van der Waals surface area contributed by atoms with Crippen LogP contribution in [-0.2, 0) is 6.61 Å². The lowest BCUT2D eigenvalue weighted by Gasteiger charge is -2.05. The fourth-order valence-electron chi connectivity index (χ4n) is 1.61. The lowest BCUT2D eigenvalue weighted by Crippen LogP contribution is -1.98. The van der Waals surface area contributed by atoms with Crippen LogP contribution in [0.1, 0.15) is 5.56 Å². The van der Waals surface area contributed by atoms with Gasteiger partial charge >= 0.3 is 0 Å². The number of ether oxygens (including phenoxy) is 1. The second-order valence-electron chi connectivity index (χ2n) is 3.69. The SMILES string of the molecule is c1ccc(COc2cc3nccn3cn2)cc1. The molecule has 2 aromatic heterocycles. The lowest BCUT2D eigenvalue weighted by atomic mass is 10.2. The van der Waals surface area contributed by atoms with E-state index in [0.29, 0.717) is 12.5 Å². The second kappa shape index (κ2) is 4.25. The maximum absolute atomic E-state index is 5.61. The molecular weight excluding hydrogens is 214 g/mol. The van der Waals surface area contributed by atoms with Crippen LogP contribution < -0.4 is 4.74 Å². The summed E-state index contributed by atoms with van der Waals surface area (Å²) >= 11 is 0. The topological polar surface area (TPSA) is 39.4 Å². The number of hydrogen-bond donors (Lipinski definition) is 0. The van der Waals surface area contributed by atoms with E-state index in [9.17, 15) is 0 Å². The summed E-state index contributed by atoms with van der Waals surface area (Å²) in [6.45, 7) is 0.519. The molecule has 0 atom stereocenters. The first kappa shape index (κ1) is 9.84. The van der Waals surface area contributed by atoms with Crippen LogP contribution in [0.2, 0.25) is 0 Å². The second-order valence-corrected chi connectivity index (χ2v) is 3.69. The molecule has 0 unspecified atom stereocenters. The van der Waals surface area contributed by atoms with Gasteiger partial charge in [0.05, 0.1) is 0 Å². The van der Waals surface area contributed by atoms with Crippen molar-refractivity contribution in [2.24, 2.45) is 0 Å². The number of hydrogen-bond acceptors (Lipinski definition) is 3. The van der Waals surface area contributed by atoms with Crippen molar-refractivity contribution in [1.82, 2.24) is 14.4 Å². The summed E-state index contributed by atoms with van der Waals surface area (Å²) in [5.41, 5.74) is 1.96. The Morgan fingerprint density at radius 2 is 2.00 bits per heavy atom. The average molecular weight is 225 g/mol. The highest BCUT2D eigenvalue weighted by atomic mass is 16.5. The molecule has 0 radical (unpaired) electrons. The molecule has 0 N–H and O–H groups in total. The summed E-state index contributed by atoms with van der Waals surface area (Å²) in [6.07, 6.45) is 5.28. The maximum atomic E-state index is 5.61. The van der Waals surface area contributed by atoms with Gasteiger partial charge in [0.2, 0.25) is 5.88 Å². The average Bonchev–Trinajstić information content (AvgIpc) is 2.85. The molecule has 0 fully saturated rings. The van der Waals surface area contributed by atoms with E-state index in [1.807, 2.05) is 47.0 Å². The van der Waals surface area contributed by atoms with Gasteiger partial charge in [0.25, 0.3) is 0 Å². The third kappa shape index (κ3) is 2.10. The van der Waals surface area contributed by atoms with Gasteiger partial charge in [-0.25, -0.2) is 9.97 Å². The van der Waals surface area contributed by atoms with Crippen molar-refractivity contribution in [1.29, 1.82) is 0 Å². The summed E-state index contributed by atoms with van der Waals surface area (Å²) in [4.78, 5) is 8.37. The van der Waals surface area contributed by atoms with Crippen molar-refractivity contribution in [2.45, 2.75) is 6.61 Å². The summed E-state index contributed by atoms with van der Waals surface area (Å²) < 4.78 is 7.45. The number of rotatable bonds is 3. The molecule has 0 saturated carbocycles. The fourth-order valence-corrected chi connectivity index (χ4v) is 1.61. The fraction of sp³-hybridized carbons (Fsp3) is 0.0769. The van der Waals surface area contributed by atoms with Gasteiger partial charge in [-0.15, -0.1) is 0 Å². The smallest absolute Gasteiger partial charge is 0.218 e. The van der Waals surface area contributed by atoms with Crippen molar-refractivity contribution in [3.05, 3.63) is 60.7 Å². The Kier molecular flexibility index (Phi) is 2.46. The highest BCUT2D eigenvalue weighted by Gasteiger charge is 1.99. The van der Waals surface area contributed by atoms with E-state index in [4.69, 9.17) is 4.74 Å². The minimum absolute atomic E-state index is 0.519. The van der Waals surface area contributed by atoms with Gasteiger partial charge < -0.3 is 4.74 Å². The van der Waals surface area contributed by atoms with Gasteiger partial charge in [-0.3, -0.25) is 4.40 Å². The normalized spacial score (nSPS) is 10.6. The van der Waals surface area contributed by atoms with Crippen molar-refractivity contribution >= 4 is 5.65 Å². The molecule has 0 amide bonds. The first-order valence-electron chi connectivity index (χ1n) is 5.37. The number of aromatic nitrogens is 3. The molecule has 0 saturated heterocycles. The van der Waals surface area contributed by atoms with E-state index in [1.54, 1.807) is 12.5 Å². The number of imidazole rings is 1. The van der Waals surface area contributed by atoms with Gasteiger partial charge in [0.15, 0.2) is 0 Å². The minimum Gasteiger partial charge on any atom is -0.473 e. The maximum Gasteiger partial charge on any atom is 0.218 e. The monoisotopic (exact) mass is 225 g/mol. The standard InChI is InChI=1S/C13H11N3O/c1-2-4-11(5-3-1)9-17-13-8-12-14-6-7-16(12)10-15-13/h1-8,10H,9H2. The Labute approximate surface area is 98.5 Å². The zero-order valence-corrected chi connectivity index (χ0v) is 9.15. The van der Waals surface area contributed by atoms with Gasteiger partial charge in [-0.2, -0.15) is 0 Å². The van der Waals surface area contributed by atoms with Gasteiger partial charge in [0, 0.05) is 18.5 Å². The molecule has 0 aliphatic carbocycles. The number of nitrogens with zero attached hydrogens (tertiary/aromatic N) is 3. The molecular formula is C13H11N3O. The molecule has 2 heterocycles. The zero-order chi connectivity index (χ0) is 11.5. The molecule has 84 valence electrons. The van der Waals surface area contributed by atoms with Crippen molar-refractivity contribution in [3.63, 3.8) is 0 Å². The lowest BCUT2D eigenvalue weighted by molar-refractivity contribution is 0.293. The summed E-state index contributed by atoms with van der Waals surface area (Å²) in [6, 6.07) is 11.8. The van der Waals surface area contributed by atoms with E-state index in [1.165, 1.54) is 0 Å². The molecule has 4 nitrogen and oxygen atoms in total. The van der Waals surface area contributed by atoms with E-state index >= 15 is 0 Å². The Balaban J connectivity index is 1.76. The number of fused-ring (bicyclic) bond motifs is 1. The van der Waals surface area contributed by atoms with Crippen LogP contribution in [0.3, 0.4) is 0 Å². The predicted octanol–water partition coefficient (Wildman–Crippen LogP) is 2.31. The van der Waals surface area contributed by atoms with Crippen LogP contribution in [0.25, 0.3) is 5.65 Å². The molecule has 3 rings (SSSR count). The summed E-state index contributed by atoms with van der Waals surface area (Å²) in [5, 5.41) is 0. The third-order valence-electron chi connectivity index (χ3n) is 2.49. The first-order valence-corrected chi connectivity index (χ1v) is 5.37. The first-order chi connectivity index (χ1) is 8.42. The van der Waals surface area contributed by atoms with Crippen LogP contribution in [-0.4, -0.2) is 14.4 Å². The van der Waals surface area contributed by atoms with Gasteiger partial charge in [-0.05, 0) is 5.56 Å². The quantitative estimate of drug-likeness (QED) is 0.686. The molecule has 0 aliphatic heterocycles. The third-order valence-corrected chi connectivity index (χ3v) is 2.49. The minimum atomic E-state index is 0.519. The van der Waals surface area contributed by atoms with Gasteiger partial charge in [0.1, 0.15) is 18.6 Å². The molecule has 1 aromatic carbocycles. The molecule has 0 bridgehead atoms. The number of benzene rings is 1.